The summed E-state index contributed by atoms with van der Waals surface area (Å²) < 4.78 is 2.12. The fourth-order valence-corrected chi connectivity index (χ4v) is 3.55. The zero-order valence-electron chi connectivity index (χ0n) is 15.9. The van der Waals surface area contributed by atoms with Crippen molar-refractivity contribution in [2.45, 2.75) is 52.5 Å². The Morgan fingerprint density at radius 2 is 1.84 bits per heavy atom. The van der Waals surface area contributed by atoms with Gasteiger partial charge in [0.25, 0.3) is 0 Å². The van der Waals surface area contributed by atoms with Crippen LogP contribution in [0.3, 0.4) is 0 Å². The number of anilines is 1. The smallest absolute Gasteiger partial charge is 0.110 e. The number of nitrogens with one attached hydrogen (secondary N) is 1. The van der Waals surface area contributed by atoms with Crippen LogP contribution in [0.15, 0.2) is 36.7 Å². The van der Waals surface area contributed by atoms with Gasteiger partial charge in [0.1, 0.15) is 5.82 Å². The molecule has 0 amide bonds. The molecule has 1 saturated heterocycles. The maximum atomic E-state index is 4.30. The monoisotopic (exact) mass is 340 g/mol. The molecule has 0 bridgehead atoms. The largest absolute Gasteiger partial charge is 0.371 e. The summed E-state index contributed by atoms with van der Waals surface area (Å²) in [4.78, 5) is 6.81. The number of benzene rings is 1. The van der Waals surface area contributed by atoms with Gasteiger partial charge in [0.15, 0.2) is 0 Å². The molecule has 0 saturated carbocycles. The van der Waals surface area contributed by atoms with Gasteiger partial charge in [-0.2, -0.15) is 0 Å². The molecule has 0 unspecified atom stereocenters. The average Bonchev–Trinajstić information content (AvgIpc) is 3.08. The third-order valence-electron chi connectivity index (χ3n) is 5.58. The molecule has 1 aliphatic rings. The lowest BCUT2D eigenvalue weighted by Crippen LogP contribution is -2.43. The molecule has 1 aromatic carbocycles. The van der Waals surface area contributed by atoms with Crippen molar-refractivity contribution in [2.75, 3.05) is 24.5 Å². The van der Waals surface area contributed by atoms with E-state index in [1.54, 1.807) is 0 Å². The summed E-state index contributed by atoms with van der Waals surface area (Å²) in [6.07, 6.45) is 8.93. The highest BCUT2D eigenvalue weighted by Gasteiger charge is 2.19. The number of nitrogens with zero attached hydrogens (tertiary/aromatic N) is 3. The number of aromatic nitrogens is 2. The zero-order valence-corrected chi connectivity index (χ0v) is 15.9. The molecule has 2 heterocycles. The molecule has 4 heteroatoms. The topological polar surface area (TPSA) is 33.1 Å². The van der Waals surface area contributed by atoms with E-state index >= 15 is 0 Å². The third-order valence-corrected chi connectivity index (χ3v) is 5.58. The maximum absolute atomic E-state index is 4.30. The fourth-order valence-electron chi connectivity index (χ4n) is 3.55. The van der Waals surface area contributed by atoms with Crippen LogP contribution in [0.4, 0.5) is 5.69 Å². The highest BCUT2D eigenvalue weighted by molar-refractivity contribution is 5.51. The molecule has 25 heavy (non-hydrogen) atoms. The van der Waals surface area contributed by atoms with Crippen LogP contribution in [0.25, 0.3) is 5.69 Å². The lowest BCUT2D eigenvalue weighted by Gasteiger charge is -2.34. The lowest BCUT2D eigenvalue weighted by atomic mass is 10.0. The average molecular weight is 341 g/mol. The summed E-state index contributed by atoms with van der Waals surface area (Å²) in [5.41, 5.74) is 2.51. The Balaban J connectivity index is 1.49. The molecule has 0 radical (unpaired) electrons. The molecule has 3 rings (SSSR count). The quantitative estimate of drug-likeness (QED) is 0.821. The summed E-state index contributed by atoms with van der Waals surface area (Å²) in [6.45, 7) is 10.1. The van der Waals surface area contributed by atoms with E-state index in [-0.39, 0.29) is 0 Å². The van der Waals surface area contributed by atoms with Gasteiger partial charge in [-0.25, -0.2) is 4.98 Å². The summed E-state index contributed by atoms with van der Waals surface area (Å²) in [5, 5.41) is 3.76. The summed E-state index contributed by atoms with van der Waals surface area (Å²) in [7, 11) is 0. The van der Waals surface area contributed by atoms with Gasteiger partial charge < -0.3 is 14.8 Å². The third kappa shape index (κ3) is 4.63. The molecule has 1 atom stereocenters. The summed E-state index contributed by atoms with van der Waals surface area (Å²) >= 11 is 0. The van der Waals surface area contributed by atoms with E-state index < -0.39 is 0 Å². The van der Waals surface area contributed by atoms with Crippen LogP contribution >= 0.6 is 0 Å². The SMILES string of the molecule is CC[C@@H](C)CCNC1CCN(c2ccc(-n3ccnc3C)cc2)CC1. The van der Waals surface area contributed by atoms with Gasteiger partial charge in [0.2, 0.25) is 0 Å². The number of hydrogen-bond acceptors (Lipinski definition) is 3. The molecule has 1 N–H and O–H groups in total. The minimum Gasteiger partial charge on any atom is -0.371 e. The van der Waals surface area contributed by atoms with Crippen LogP contribution in [0.5, 0.6) is 0 Å². The molecule has 1 aromatic heterocycles. The first-order valence-corrected chi connectivity index (χ1v) is 9.76. The van der Waals surface area contributed by atoms with Crippen molar-refractivity contribution in [2.24, 2.45) is 5.92 Å². The number of imidazole rings is 1. The molecular weight excluding hydrogens is 308 g/mol. The lowest BCUT2D eigenvalue weighted by molar-refractivity contribution is 0.391. The second-order valence-corrected chi connectivity index (χ2v) is 7.38. The van der Waals surface area contributed by atoms with Crippen LogP contribution in [0.2, 0.25) is 0 Å². The van der Waals surface area contributed by atoms with Gasteiger partial charge in [-0.1, -0.05) is 20.3 Å². The van der Waals surface area contributed by atoms with Crippen LogP contribution in [0, 0.1) is 12.8 Å². The minimum absolute atomic E-state index is 0.688. The van der Waals surface area contributed by atoms with Gasteiger partial charge >= 0.3 is 0 Å². The zero-order chi connectivity index (χ0) is 17.6. The molecule has 2 aromatic rings. The van der Waals surface area contributed by atoms with Gasteiger partial charge in [0, 0.05) is 42.9 Å². The van der Waals surface area contributed by atoms with Gasteiger partial charge in [0.05, 0.1) is 0 Å². The van der Waals surface area contributed by atoms with E-state index in [2.05, 4.69) is 57.9 Å². The van der Waals surface area contributed by atoms with E-state index in [1.807, 2.05) is 19.3 Å². The first-order chi connectivity index (χ1) is 12.2. The number of piperidine rings is 1. The van der Waals surface area contributed by atoms with Gasteiger partial charge in [-0.3, -0.25) is 0 Å². The molecule has 0 aliphatic carbocycles. The Bertz CT molecular complexity index is 638. The molecular formula is C21H32N4. The van der Waals surface area contributed by atoms with Gasteiger partial charge in [-0.05, 0) is 62.9 Å². The van der Waals surface area contributed by atoms with Crippen LogP contribution < -0.4 is 10.2 Å². The normalized spacial score (nSPS) is 17.0. The second kappa shape index (κ2) is 8.52. The molecule has 136 valence electrons. The Morgan fingerprint density at radius 1 is 1.16 bits per heavy atom. The van der Waals surface area contributed by atoms with Crippen molar-refractivity contribution in [1.82, 2.24) is 14.9 Å². The van der Waals surface area contributed by atoms with Crippen LogP contribution in [-0.4, -0.2) is 35.2 Å². The van der Waals surface area contributed by atoms with E-state index in [1.165, 1.54) is 43.6 Å². The highest BCUT2D eigenvalue weighted by Crippen LogP contribution is 2.22. The van der Waals surface area contributed by atoms with Crippen molar-refractivity contribution in [3.05, 3.63) is 42.5 Å². The number of rotatable bonds is 7. The predicted octanol–water partition coefficient (Wildman–Crippen LogP) is 4.18. The Hall–Kier alpha value is -1.81. The van der Waals surface area contributed by atoms with Gasteiger partial charge in [-0.15, -0.1) is 0 Å². The summed E-state index contributed by atoms with van der Waals surface area (Å²) in [6, 6.07) is 9.56. The second-order valence-electron chi connectivity index (χ2n) is 7.38. The van der Waals surface area contributed by atoms with E-state index in [0.717, 1.165) is 24.8 Å². The molecule has 0 spiro atoms. The summed E-state index contributed by atoms with van der Waals surface area (Å²) in [5.74, 6) is 1.86. The molecule has 1 aliphatic heterocycles. The first-order valence-electron chi connectivity index (χ1n) is 9.76. The fraction of sp³-hybridized carbons (Fsp3) is 0.571. The minimum atomic E-state index is 0.688. The number of hydrogen-bond donors (Lipinski definition) is 1. The van der Waals surface area contributed by atoms with Crippen LogP contribution in [0.1, 0.15) is 45.4 Å². The van der Waals surface area contributed by atoms with E-state index in [9.17, 15) is 0 Å². The highest BCUT2D eigenvalue weighted by atomic mass is 15.1. The predicted molar refractivity (Wildman–Crippen MR) is 106 cm³/mol. The van der Waals surface area contributed by atoms with Crippen molar-refractivity contribution in [1.29, 1.82) is 0 Å². The molecule has 4 nitrogen and oxygen atoms in total. The maximum Gasteiger partial charge on any atom is 0.110 e. The van der Waals surface area contributed by atoms with Crippen molar-refractivity contribution >= 4 is 5.69 Å². The Kier molecular flexibility index (Phi) is 6.14. The number of aryl methyl sites for hydroxylation is 1. The molecule has 1 fully saturated rings. The van der Waals surface area contributed by atoms with Crippen molar-refractivity contribution in [3.63, 3.8) is 0 Å². The Morgan fingerprint density at radius 3 is 2.44 bits per heavy atom. The van der Waals surface area contributed by atoms with E-state index in [4.69, 9.17) is 0 Å². The van der Waals surface area contributed by atoms with Crippen molar-refractivity contribution in [3.8, 4) is 5.69 Å². The van der Waals surface area contributed by atoms with E-state index in [0.29, 0.717) is 6.04 Å². The van der Waals surface area contributed by atoms with Crippen molar-refractivity contribution < 1.29 is 0 Å². The van der Waals surface area contributed by atoms with Crippen LogP contribution in [-0.2, 0) is 0 Å². The first kappa shape index (κ1) is 18.0. The standard InChI is InChI=1S/C21H32N4/c1-4-17(2)9-12-23-19-10-14-24(15-11-19)20-5-7-21(8-6-20)25-16-13-22-18(25)3/h5-8,13,16-17,19,23H,4,9-12,14-15H2,1-3H3/t17-/m1/s1. The Labute approximate surface area is 152 Å².